The van der Waals surface area contributed by atoms with Gasteiger partial charge < -0.3 is 41.7 Å². The molecule has 0 spiro atoms. The van der Waals surface area contributed by atoms with Crippen LogP contribution in [0.15, 0.2) is 48.7 Å². The third-order valence-corrected chi connectivity index (χ3v) is 6.48. The zero-order valence-electron chi connectivity index (χ0n) is 21.3. The summed E-state index contributed by atoms with van der Waals surface area (Å²) in [5.74, 6) is -0.664. The predicted octanol–water partition coefficient (Wildman–Crippen LogP) is 2.24. The Labute approximate surface area is 227 Å². The molecule has 0 unspecified atom stereocenters. The number of anilines is 3. The molecule has 40 heavy (non-hydrogen) atoms. The normalized spacial score (nSPS) is 12.7. The van der Waals surface area contributed by atoms with Crippen LogP contribution in [0.3, 0.4) is 0 Å². The summed E-state index contributed by atoms with van der Waals surface area (Å²) in [6.45, 7) is 0.113. The molecule has 0 fully saturated rings. The highest BCUT2D eigenvalue weighted by Crippen LogP contribution is 2.34. The third kappa shape index (κ3) is 5.88. The second kappa shape index (κ2) is 11.2. The number of fused-ring (bicyclic) bond motifs is 2. The summed E-state index contributed by atoms with van der Waals surface area (Å²) in [7, 11) is 0. The van der Waals surface area contributed by atoms with E-state index in [2.05, 4.69) is 25.6 Å². The second-order valence-corrected chi connectivity index (χ2v) is 9.22. The van der Waals surface area contributed by atoms with Crippen LogP contribution in [0.4, 0.5) is 17.5 Å². The summed E-state index contributed by atoms with van der Waals surface area (Å²) in [4.78, 5) is 48.1. The van der Waals surface area contributed by atoms with Crippen LogP contribution in [-0.4, -0.2) is 50.7 Å². The summed E-state index contributed by atoms with van der Waals surface area (Å²) < 4.78 is 10.5. The van der Waals surface area contributed by atoms with Gasteiger partial charge in [-0.15, -0.1) is 0 Å². The van der Waals surface area contributed by atoms with Crippen molar-refractivity contribution in [3.8, 4) is 11.5 Å². The quantitative estimate of drug-likeness (QED) is 0.171. The molecule has 0 saturated carbocycles. The minimum Gasteiger partial charge on any atom is -0.480 e. The lowest BCUT2D eigenvalue weighted by atomic mass is 10.0. The van der Waals surface area contributed by atoms with Gasteiger partial charge in [-0.05, 0) is 54.7 Å². The second-order valence-electron chi connectivity index (χ2n) is 9.22. The van der Waals surface area contributed by atoms with Gasteiger partial charge in [0.1, 0.15) is 17.5 Å². The number of nitrogens with two attached hydrogens (primary N) is 2. The Hall–Kier alpha value is -5.33. The van der Waals surface area contributed by atoms with Gasteiger partial charge in [-0.1, -0.05) is 12.1 Å². The van der Waals surface area contributed by atoms with Crippen molar-refractivity contribution in [3.05, 3.63) is 65.4 Å². The van der Waals surface area contributed by atoms with E-state index in [1.807, 2.05) is 6.20 Å². The molecule has 2 aromatic heterocycles. The molecular formula is C27H27N7O6. The number of carbonyl (C=O) groups is 3. The number of hydrogen-bond donors (Lipinski definition) is 6. The number of aromatic nitrogens is 3. The van der Waals surface area contributed by atoms with Crippen LogP contribution in [0.1, 0.15) is 34.3 Å². The highest BCUT2D eigenvalue weighted by Gasteiger charge is 2.22. The SMILES string of the molecule is Nc1nc(N)c2c(CCc3ccc(C(=O)N[C@@H](CCC(=O)Nc4ccc5c(c4)OCO5)C(=O)O)cc3)c[nH]c2n1. The van der Waals surface area contributed by atoms with Gasteiger partial charge in [-0.2, -0.15) is 9.97 Å². The molecule has 0 bridgehead atoms. The zero-order valence-corrected chi connectivity index (χ0v) is 21.3. The van der Waals surface area contributed by atoms with Crippen molar-refractivity contribution in [2.75, 3.05) is 23.6 Å². The lowest BCUT2D eigenvalue weighted by molar-refractivity contribution is -0.139. The Morgan fingerprint density at radius 1 is 1.02 bits per heavy atom. The lowest BCUT2D eigenvalue weighted by Crippen LogP contribution is -2.41. The minimum absolute atomic E-state index is 0.0847. The van der Waals surface area contributed by atoms with Crippen molar-refractivity contribution < 1.29 is 29.0 Å². The van der Waals surface area contributed by atoms with Gasteiger partial charge in [0.25, 0.3) is 5.91 Å². The van der Waals surface area contributed by atoms with Crippen molar-refractivity contribution in [3.63, 3.8) is 0 Å². The van der Waals surface area contributed by atoms with Gasteiger partial charge in [-0.3, -0.25) is 9.59 Å². The van der Waals surface area contributed by atoms with Gasteiger partial charge in [0.05, 0.1) is 5.39 Å². The summed E-state index contributed by atoms with van der Waals surface area (Å²) >= 11 is 0. The average molecular weight is 546 g/mol. The van der Waals surface area contributed by atoms with Crippen LogP contribution < -0.4 is 31.6 Å². The molecule has 0 saturated heterocycles. The van der Waals surface area contributed by atoms with Crippen LogP contribution >= 0.6 is 0 Å². The van der Waals surface area contributed by atoms with Crippen LogP contribution in [0.25, 0.3) is 11.0 Å². The highest BCUT2D eigenvalue weighted by atomic mass is 16.7. The van der Waals surface area contributed by atoms with Crippen molar-refractivity contribution in [2.24, 2.45) is 0 Å². The van der Waals surface area contributed by atoms with E-state index in [1.165, 1.54) is 0 Å². The first-order valence-electron chi connectivity index (χ1n) is 12.5. The number of aliphatic carboxylic acids is 1. The van der Waals surface area contributed by atoms with Gasteiger partial charge in [0.2, 0.25) is 18.6 Å². The van der Waals surface area contributed by atoms with E-state index < -0.39 is 23.8 Å². The van der Waals surface area contributed by atoms with E-state index in [9.17, 15) is 19.5 Å². The maximum absolute atomic E-state index is 12.7. The summed E-state index contributed by atoms with van der Waals surface area (Å²) in [6, 6.07) is 10.6. The van der Waals surface area contributed by atoms with Crippen molar-refractivity contribution in [1.82, 2.24) is 20.3 Å². The molecule has 13 nitrogen and oxygen atoms in total. The maximum Gasteiger partial charge on any atom is 0.326 e. The molecule has 4 aromatic rings. The molecule has 206 valence electrons. The smallest absolute Gasteiger partial charge is 0.326 e. The van der Waals surface area contributed by atoms with Gasteiger partial charge in [-0.25, -0.2) is 4.79 Å². The van der Waals surface area contributed by atoms with Crippen molar-refractivity contribution >= 4 is 46.3 Å². The van der Waals surface area contributed by atoms with E-state index >= 15 is 0 Å². The van der Waals surface area contributed by atoms with E-state index in [0.29, 0.717) is 47.1 Å². The minimum atomic E-state index is -1.24. The molecule has 1 aliphatic rings. The summed E-state index contributed by atoms with van der Waals surface area (Å²) in [5.41, 5.74) is 14.9. The largest absolute Gasteiger partial charge is 0.480 e. The number of nitrogen functional groups attached to an aromatic ring is 2. The molecule has 1 atom stereocenters. The fraction of sp³-hybridized carbons (Fsp3) is 0.222. The number of aryl methyl sites for hydroxylation is 2. The van der Waals surface area contributed by atoms with E-state index in [0.717, 1.165) is 16.5 Å². The van der Waals surface area contributed by atoms with E-state index in [1.54, 1.807) is 42.5 Å². The van der Waals surface area contributed by atoms with E-state index in [-0.39, 0.29) is 25.6 Å². The molecule has 2 aromatic carbocycles. The molecule has 8 N–H and O–H groups in total. The number of aromatic amines is 1. The Morgan fingerprint density at radius 3 is 2.58 bits per heavy atom. The lowest BCUT2D eigenvalue weighted by Gasteiger charge is -2.15. The number of rotatable bonds is 10. The first kappa shape index (κ1) is 26.3. The fourth-order valence-corrected chi connectivity index (χ4v) is 4.42. The topological polar surface area (TPSA) is 208 Å². The number of ether oxygens (including phenoxy) is 2. The standard InChI is InChI=1S/C27H27N7O6/c28-23-22-16(12-30-24(22)34-27(29)33-23)6-3-14-1-4-15(5-2-14)25(36)32-18(26(37)38)8-10-21(35)31-17-7-9-19-20(11-17)40-13-39-19/h1-2,4-5,7,9,11-12,18H,3,6,8,10,13H2,(H,31,35)(H,32,36)(H,37,38)(H5,28,29,30,33,34)/t18-/m0/s1. The number of benzene rings is 2. The first-order valence-corrected chi connectivity index (χ1v) is 12.5. The number of carboxylic acid groups (broad SMARTS) is 1. The molecule has 2 amide bonds. The molecular weight excluding hydrogens is 518 g/mol. The average Bonchev–Trinajstić information content (AvgIpc) is 3.56. The highest BCUT2D eigenvalue weighted by molar-refractivity contribution is 5.97. The zero-order chi connectivity index (χ0) is 28.2. The van der Waals surface area contributed by atoms with Gasteiger partial charge in [0.15, 0.2) is 11.5 Å². The van der Waals surface area contributed by atoms with Crippen LogP contribution in [-0.2, 0) is 22.4 Å². The number of amides is 2. The monoisotopic (exact) mass is 545 g/mol. The number of carboxylic acids is 1. The van der Waals surface area contributed by atoms with Crippen LogP contribution in [0.2, 0.25) is 0 Å². The maximum atomic E-state index is 12.7. The number of nitrogens with one attached hydrogen (secondary N) is 3. The van der Waals surface area contributed by atoms with Crippen LogP contribution in [0.5, 0.6) is 11.5 Å². The van der Waals surface area contributed by atoms with E-state index in [4.69, 9.17) is 20.9 Å². The molecule has 3 heterocycles. The third-order valence-electron chi connectivity index (χ3n) is 6.48. The van der Waals surface area contributed by atoms with Crippen molar-refractivity contribution in [1.29, 1.82) is 0 Å². The summed E-state index contributed by atoms with van der Waals surface area (Å²) in [5, 5.41) is 15.5. The molecule has 13 heteroatoms. The van der Waals surface area contributed by atoms with Gasteiger partial charge >= 0.3 is 5.97 Å². The predicted molar refractivity (Wildman–Crippen MR) is 146 cm³/mol. The number of carbonyl (C=O) groups excluding carboxylic acids is 2. The molecule has 0 radical (unpaired) electrons. The Kier molecular flexibility index (Phi) is 7.35. The molecule has 0 aliphatic carbocycles. The Bertz CT molecular complexity index is 1580. The summed E-state index contributed by atoms with van der Waals surface area (Å²) in [6.07, 6.45) is 2.94. The van der Waals surface area contributed by atoms with Crippen LogP contribution in [0, 0.1) is 0 Å². The Morgan fingerprint density at radius 2 is 1.80 bits per heavy atom. The fourth-order valence-electron chi connectivity index (χ4n) is 4.42. The van der Waals surface area contributed by atoms with Crippen molar-refractivity contribution in [2.45, 2.75) is 31.7 Å². The Balaban J connectivity index is 1.13. The van der Waals surface area contributed by atoms with Gasteiger partial charge in [0, 0.05) is 29.9 Å². The molecule has 5 rings (SSSR count). The molecule has 1 aliphatic heterocycles. The number of hydrogen-bond acceptors (Lipinski definition) is 9. The number of nitrogens with zero attached hydrogens (tertiary/aromatic N) is 2. The number of H-pyrrole nitrogens is 1. The first-order chi connectivity index (χ1) is 19.3.